The Kier molecular flexibility index (Phi) is 4.39. The predicted molar refractivity (Wildman–Crippen MR) is 75.3 cm³/mol. The molecule has 126 valence electrons. The Balaban J connectivity index is 2.28. The van der Waals surface area contributed by atoms with E-state index in [1.54, 1.807) is 6.92 Å². The van der Waals surface area contributed by atoms with Gasteiger partial charge in [0.15, 0.2) is 0 Å². The van der Waals surface area contributed by atoms with Crippen LogP contribution in [0.1, 0.15) is 31.4 Å². The van der Waals surface area contributed by atoms with E-state index in [0.717, 1.165) is 17.0 Å². The summed E-state index contributed by atoms with van der Waals surface area (Å²) in [6, 6.07) is 3.39. The molecule has 23 heavy (non-hydrogen) atoms. The normalized spacial score (nSPS) is 23.1. The molecule has 2 atom stereocenters. The van der Waals surface area contributed by atoms with Gasteiger partial charge in [-0.1, -0.05) is 19.1 Å². The number of carbonyl (C=O) groups excluding carboxylic acids is 2. The number of hydrogen-bond donors (Lipinski definition) is 2. The number of aliphatic hydroxyl groups excluding tert-OH is 1. The topological polar surface area (TPSA) is 69.6 Å². The van der Waals surface area contributed by atoms with Crippen molar-refractivity contribution in [3.05, 3.63) is 35.4 Å². The number of amides is 3. The maximum absolute atomic E-state index is 12.6. The molecule has 1 aromatic rings. The van der Waals surface area contributed by atoms with Crippen molar-refractivity contribution < 1.29 is 27.9 Å². The lowest BCUT2D eigenvalue weighted by Crippen LogP contribution is -2.42. The second-order valence-corrected chi connectivity index (χ2v) is 5.61. The van der Waals surface area contributed by atoms with Crippen molar-refractivity contribution in [2.45, 2.75) is 38.1 Å². The number of benzene rings is 1. The van der Waals surface area contributed by atoms with Crippen LogP contribution in [0, 0.1) is 0 Å². The van der Waals surface area contributed by atoms with Crippen LogP contribution in [0.4, 0.5) is 18.0 Å². The summed E-state index contributed by atoms with van der Waals surface area (Å²) in [6.07, 6.45) is -4.95. The van der Waals surface area contributed by atoms with Gasteiger partial charge in [0.2, 0.25) is 0 Å². The second-order valence-electron chi connectivity index (χ2n) is 5.61. The zero-order valence-electron chi connectivity index (χ0n) is 12.6. The summed E-state index contributed by atoms with van der Waals surface area (Å²) in [6.45, 7) is 2.98. The molecule has 2 rings (SSSR count). The fourth-order valence-corrected chi connectivity index (χ4v) is 2.39. The fraction of sp³-hybridized carbons (Fsp3) is 0.467. The maximum Gasteiger partial charge on any atom is 0.416 e. The van der Waals surface area contributed by atoms with E-state index in [4.69, 9.17) is 0 Å². The van der Waals surface area contributed by atoms with Gasteiger partial charge in [-0.05, 0) is 31.0 Å². The first-order valence-corrected chi connectivity index (χ1v) is 7.09. The number of β-amino-alcohol motifs (C(OH)–C–C–N with tert-alkyl or cyclic N) is 1. The summed E-state index contributed by atoms with van der Waals surface area (Å²) >= 11 is 0. The van der Waals surface area contributed by atoms with Crippen molar-refractivity contribution in [2.24, 2.45) is 0 Å². The quantitative estimate of drug-likeness (QED) is 0.832. The van der Waals surface area contributed by atoms with Crippen molar-refractivity contribution in [1.82, 2.24) is 10.2 Å². The van der Waals surface area contributed by atoms with Crippen molar-refractivity contribution in [2.75, 3.05) is 6.54 Å². The first-order chi connectivity index (χ1) is 10.6. The molecule has 1 aliphatic rings. The highest BCUT2D eigenvalue weighted by Crippen LogP contribution is 2.33. The lowest BCUT2D eigenvalue weighted by Gasteiger charge is -2.23. The van der Waals surface area contributed by atoms with E-state index in [-0.39, 0.29) is 12.1 Å². The van der Waals surface area contributed by atoms with E-state index in [9.17, 15) is 27.9 Å². The molecule has 1 saturated heterocycles. The molecule has 8 heteroatoms. The number of rotatable bonds is 4. The van der Waals surface area contributed by atoms with Crippen molar-refractivity contribution in [3.63, 3.8) is 0 Å². The number of imide groups is 1. The zero-order valence-corrected chi connectivity index (χ0v) is 12.6. The number of alkyl halides is 3. The van der Waals surface area contributed by atoms with Gasteiger partial charge in [0.1, 0.15) is 5.54 Å². The van der Waals surface area contributed by atoms with Gasteiger partial charge in [-0.3, -0.25) is 9.69 Å². The van der Waals surface area contributed by atoms with E-state index >= 15 is 0 Å². The van der Waals surface area contributed by atoms with Crippen LogP contribution < -0.4 is 5.32 Å². The molecule has 0 saturated carbocycles. The van der Waals surface area contributed by atoms with E-state index in [2.05, 4.69) is 5.32 Å². The van der Waals surface area contributed by atoms with Gasteiger partial charge in [-0.15, -0.1) is 0 Å². The van der Waals surface area contributed by atoms with Crippen LogP contribution in [0.25, 0.3) is 0 Å². The molecular weight excluding hydrogens is 313 g/mol. The van der Waals surface area contributed by atoms with Crippen LogP contribution >= 0.6 is 0 Å². The Bertz CT molecular complexity index is 615. The summed E-state index contributed by atoms with van der Waals surface area (Å²) in [4.78, 5) is 25.3. The number of nitrogens with zero attached hydrogens (tertiary/aromatic N) is 1. The van der Waals surface area contributed by atoms with Crippen LogP contribution in [-0.4, -0.2) is 34.6 Å². The third-order valence-corrected chi connectivity index (χ3v) is 3.93. The third kappa shape index (κ3) is 3.17. The van der Waals surface area contributed by atoms with Gasteiger partial charge >= 0.3 is 12.2 Å². The van der Waals surface area contributed by atoms with E-state index in [1.165, 1.54) is 19.1 Å². The largest absolute Gasteiger partial charge is 0.416 e. The highest BCUT2D eigenvalue weighted by molar-refractivity contribution is 6.07. The summed E-state index contributed by atoms with van der Waals surface area (Å²) < 4.78 is 37.8. The van der Waals surface area contributed by atoms with E-state index < -0.39 is 35.3 Å². The molecule has 0 bridgehead atoms. The lowest BCUT2D eigenvalue weighted by atomic mass is 9.91. The Hall–Kier alpha value is -2.09. The van der Waals surface area contributed by atoms with Crippen molar-refractivity contribution in [1.29, 1.82) is 0 Å². The minimum atomic E-state index is -4.47. The van der Waals surface area contributed by atoms with Gasteiger partial charge in [-0.2, -0.15) is 13.2 Å². The van der Waals surface area contributed by atoms with Crippen molar-refractivity contribution >= 4 is 11.9 Å². The van der Waals surface area contributed by atoms with E-state index in [0.29, 0.717) is 6.42 Å². The number of halogens is 3. The fourth-order valence-electron chi connectivity index (χ4n) is 2.39. The Labute approximate surface area is 131 Å². The average Bonchev–Trinajstić information content (AvgIpc) is 2.71. The number of urea groups is 1. The van der Waals surface area contributed by atoms with Crippen LogP contribution in [0.3, 0.4) is 0 Å². The van der Waals surface area contributed by atoms with Gasteiger partial charge in [0.25, 0.3) is 5.91 Å². The van der Waals surface area contributed by atoms with Crippen LogP contribution in [0.5, 0.6) is 0 Å². The smallest absolute Gasteiger partial charge is 0.391 e. The Morgan fingerprint density at radius 1 is 1.26 bits per heavy atom. The monoisotopic (exact) mass is 330 g/mol. The molecule has 1 aromatic carbocycles. The zero-order chi connectivity index (χ0) is 17.4. The first-order valence-electron chi connectivity index (χ1n) is 7.09. The van der Waals surface area contributed by atoms with Gasteiger partial charge in [0.05, 0.1) is 18.2 Å². The summed E-state index contributed by atoms with van der Waals surface area (Å²) in [5.74, 6) is -0.602. The molecule has 2 N–H and O–H groups in total. The average molecular weight is 330 g/mol. The third-order valence-electron chi connectivity index (χ3n) is 3.93. The molecule has 1 fully saturated rings. The summed E-state index contributed by atoms with van der Waals surface area (Å²) in [5.41, 5.74) is -2.04. The number of hydrogen-bond acceptors (Lipinski definition) is 3. The number of aliphatic hydroxyl groups is 1. The summed E-state index contributed by atoms with van der Waals surface area (Å²) in [5, 5.41) is 12.1. The van der Waals surface area contributed by atoms with Gasteiger partial charge in [-0.25, -0.2) is 4.79 Å². The SMILES string of the molecule is CC[C@@H](O)CN1C(=O)N[C@@](C)(c2ccc(C(F)(F)F)cc2)C1=O. The minimum absolute atomic E-state index is 0.155. The maximum atomic E-state index is 12.6. The molecule has 0 spiro atoms. The highest BCUT2D eigenvalue weighted by Gasteiger charge is 2.49. The van der Waals surface area contributed by atoms with Gasteiger partial charge in [0, 0.05) is 0 Å². The Morgan fingerprint density at radius 2 is 1.83 bits per heavy atom. The Morgan fingerprint density at radius 3 is 2.30 bits per heavy atom. The van der Waals surface area contributed by atoms with Crippen LogP contribution in [-0.2, 0) is 16.5 Å². The molecule has 5 nitrogen and oxygen atoms in total. The molecule has 0 aliphatic carbocycles. The van der Waals surface area contributed by atoms with Gasteiger partial charge < -0.3 is 10.4 Å². The van der Waals surface area contributed by atoms with Crippen LogP contribution in [0.2, 0.25) is 0 Å². The minimum Gasteiger partial charge on any atom is -0.391 e. The molecule has 3 amide bonds. The molecule has 0 aromatic heterocycles. The molecular formula is C15H17F3N2O3. The first kappa shape index (κ1) is 17.3. The van der Waals surface area contributed by atoms with Crippen LogP contribution in [0.15, 0.2) is 24.3 Å². The number of carbonyl (C=O) groups is 2. The number of nitrogens with one attached hydrogen (secondary N) is 1. The molecule has 1 aliphatic heterocycles. The lowest BCUT2D eigenvalue weighted by molar-refractivity contribution is -0.137. The molecule has 1 heterocycles. The van der Waals surface area contributed by atoms with Crippen molar-refractivity contribution in [3.8, 4) is 0 Å². The standard InChI is InChI=1S/C15H17F3N2O3/c1-3-11(21)8-20-12(22)14(2,19-13(20)23)9-4-6-10(7-5-9)15(16,17)18/h4-7,11,21H,3,8H2,1-2H3,(H,19,23)/t11-,14+/m1/s1. The highest BCUT2D eigenvalue weighted by atomic mass is 19.4. The second kappa shape index (κ2) is 5.84. The molecule has 0 radical (unpaired) electrons. The molecule has 0 unspecified atom stereocenters. The predicted octanol–water partition coefficient (Wildman–Crippen LogP) is 2.24. The summed E-state index contributed by atoms with van der Waals surface area (Å²) in [7, 11) is 0. The van der Waals surface area contributed by atoms with E-state index in [1.807, 2.05) is 0 Å².